The zero-order chi connectivity index (χ0) is 14.9. The topological polar surface area (TPSA) is 45.0 Å². The Balaban J connectivity index is 2.07. The standard InChI is InChI=1S/C17H15BrN2O/c1-12-10-21-16-5-3-2-4-15(16)17(12,11-19)20-14-8-6-13(18)7-9-14/h2-9,12,20H,10H2,1H3. The van der Waals surface area contributed by atoms with E-state index in [9.17, 15) is 5.26 Å². The molecule has 0 aliphatic carbocycles. The highest BCUT2D eigenvalue weighted by molar-refractivity contribution is 9.10. The maximum absolute atomic E-state index is 9.90. The summed E-state index contributed by atoms with van der Waals surface area (Å²) >= 11 is 3.43. The highest BCUT2D eigenvalue weighted by atomic mass is 79.9. The molecule has 21 heavy (non-hydrogen) atoms. The molecule has 0 saturated heterocycles. The van der Waals surface area contributed by atoms with Crippen molar-refractivity contribution in [3.63, 3.8) is 0 Å². The number of nitrogens with one attached hydrogen (secondary N) is 1. The third kappa shape index (κ3) is 2.38. The Kier molecular flexibility index (Phi) is 3.60. The third-order valence-corrected chi connectivity index (χ3v) is 4.43. The minimum atomic E-state index is -0.775. The molecule has 0 amide bonds. The Morgan fingerprint density at radius 2 is 1.95 bits per heavy atom. The summed E-state index contributed by atoms with van der Waals surface area (Å²) in [5.41, 5.74) is 1.04. The molecule has 0 aromatic heterocycles. The summed E-state index contributed by atoms with van der Waals surface area (Å²) < 4.78 is 6.76. The Morgan fingerprint density at radius 3 is 2.67 bits per heavy atom. The van der Waals surface area contributed by atoms with Crippen LogP contribution in [0.1, 0.15) is 12.5 Å². The number of para-hydroxylation sites is 1. The summed E-state index contributed by atoms with van der Waals surface area (Å²) in [4.78, 5) is 0. The van der Waals surface area contributed by atoms with Gasteiger partial charge in [-0.3, -0.25) is 0 Å². The molecule has 2 aromatic rings. The number of nitrogens with zero attached hydrogens (tertiary/aromatic N) is 1. The van der Waals surface area contributed by atoms with Gasteiger partial charge < -0.3 is 10.1 Å². The van der Waals surface area contributed by atoms with Crippen LogP contribution in [0.5, 0.6) is 5.75 Å². The van der Waals surface area contributed by atoms with Gasteiger partial charge in [0.1, 0.15) is 5.75 Å². The fourth-order valence-electron chi connectivity index (χ4n) is 2.67. The van der Waals surface area contributed by atoms with Gasteiger partial charge in [0.25, 0.3) is 0 Å². The van der Waals surface area contributed by atoms with Crippen LogP contribution in [0.4, 0.5) is 5.69 Å². The predicted octanol–water partition coefficient (Wildman–Crippen LogP) is 4.31. The van der Waals surface area contributed by atoms with Crippen molar-refractivity contribution < 1.29 is 4.74 Å². The van der Waals surface area contributed by atoms with Crippen molar-refractivity contribution in [2.24, 2.45) is 5.92 Å². The van der Waals surface area contributed by atoms with E-state index in [1.807, 2.05) is 55.5 Å². The van der Waals surface area contributed by atoms with E-state index < -0.39 is 5.54 Å². The number of nitriles is 1. The zero-order valence-electron chi connectivity index (χ0n) is 11.6. The zero-order valence-corrected chi connectivity index (χ0v) is 13.2. The van der Waals surface area contributed by atoms with E-state index in [2.05, 4.69) is 27.3 Å². The summed E-state index contributed by atoms with van der Waals surface area (Å²) in [5, 5.41) is 13.3. The Bertz CT molecular complexity index is 693. The lowest BCUT2D eigenvalue weighted by Gasteiger charge is -2.39. The molecule has 3 nitrogen and oxygen atoms in total. The van der Waals surface area contributed by atoms with Gasteiger partial charge in [-0.25, -0.2) is 0 Å². The fourth-order valence-corrected chi connectivity index (χ4v) is 2.94. The molecule has 3 rings (SSSR count). The number of rotatable bonds is 2. The largest absolute Gasteiger partial charge is 0.493 e. The van der Waals surface area contributed by atoms with Gasteiger partial charge in [0.2, 0.25) is 0 Å². The van der Waals surface area contributed by atoms with Gasteiger partial charge in [0.15, 0.2) is 5.54 Å². The molecule has 0 spiro atoms. The molecule has 2 atom stereocenters. The lowest BCUT2D eigenvalue weighted by atomic mass is 9.78. The third-order valence-electron chi connectivity index (χ3n) is 3.90. The smallest absolute Gasteiger partial charge is 0.160 e. The van der Waals surface area contributed by atoms with Crippen molar-refractivity contribution >= 4 is 21.6 Å². The summed E-state index contributed by atoms with van der Waals surface area (Å²) in [6, 6.07) is 18.1. The van der Waals surface area contributed by atoms with Gasteiger partial charge in [-0.15, -0.1) is 0 Å². The first-order valence-corrected chi connectivity index (χ1v) is 7.62. The van der Waals surface area contributed by atoms with E-state index in [1.165, 1.54) is 0 Å². The Hall–Kier alpha value is -1.99. The quantitative estimate of drug-likeness (QED) is 0.884. The lowest BCUT2D eigenvalue weighted by Crippen LogP contribution is -2.46. The Morgan fingerprint density at radius 1 is 1.24 bits per heavy atom. The van der Waals surface area contributed by atoms with Crippen LogP contribution in [0, 0.1) is 17.2 Å². The summed E-state index contributed by atoms with van der Waals surface area (Å²) in [6.45, 7) is 2.55. The molecule has 0 saturated carbocycles. The first-order valence-electron chi connectivity index (χ1n) is 6.83. The molecule has 2 aromatic carbocycles. The average molecular weight is 343 g/mol. The Labute approximate surface area is 132 Å². The number of hydrogen-bond donors (Lipinski definition) is 1. The summed E-state index contributed by atoms with van der Waals surface area (Å²) in [6.07, 6.45) is 0. The molecule has 1 aliphatic heterocycles. The molecule has 1 heterocycles. The minimum Gasteiger partial charge on any atom is -0.493 e. The molecule has 1 N–H and O–H groups in total. The number of ether oxygens (including phenoxy) is 1. The minimum absolute atomic E-state index is 0.0426. The van der Waals surface area contributed by atoms with Crippen molar-refractivity contribution in [1.82, 2.24) is 0 Å². The highest BCUT2D eigenvalue weighted by Gasteiger charge is 2.44. The second-order valence-corrected chi connectivity index (χ2v) is 6.18. The van der Waals surface area contributed by atoms with Crippen LogP contribution in [0.25, 0.3) is 0 Å². The first-order chi connectivity index (χ1) is 10.2. The number of hydrogen-bond acceptors (Lipinski definition) is 3. The van der Waals surface area contributed by atoms with E-state index in [0.717, 1.165) is 21.5 Å². The van der Waals surface area contributed by atoms with Crippen LogP contribution in [-0.4, -0.2) is 6.61 Å². The van der Waals surface area contributed by atoms with Gasteiger partial charge in [-0.05, 0) is 30.3 Å². The van der Waals surface area contributed by atoms with E-state index in [4.69, 9.17) is 4.74 Å². The number of anilines is 1. The molecule has 2 unspecified atom stereocenters. The SMILES string of the molecule is CC1COc2ccccc2C1(C#N)Nc1ccc(Br)cc1. The number of benzene rings is 2. The molecule has 0 fully saturated rings. The maximum atomic E-state index is 9.90. The van der Waals surface area contributed by atoms with Crippen molar-refractivity contribution in [2.75, 3.05) is 11.9 Å². The number of fused-ring (bicyclic) bond motifs is 1. The molecule has 106 valence electrons. The van der Waals surface area contributed by atoms with E-state index >= 15 is 0 Å². The van der Waals surface area contributed by atoms with Crippen molar-refractivity contribution in [1.29, 1.82) is 5.26 Å². The van der Waals surface area contributed by atoms with Crippen LogP contribution in [-0.2, 0) is 5.54 Å². The predicted molar refractivity (Wildman–Crippen MR) is 86.2 cm³/mol. The first kappa shape index (κ1) is 14.0. The van der Waals surface area contributed by atoms with Gasteiger partial charge in [-0.1, -0.05) is 41.1 Å². The number of halogens is 1. The van der Waals surface area contributed by atoms with Crippen molar-refractivity contribution in [3.8, 4) is 11.8 Å². The van der Waals surface area contributed by atoms with E-state index in [1.54, 1.807) is 0 Å². The summed E-state index contributed by atoms with van der Waals surface area (Å²) in [7, 11) is 0. The lowest BCUT2D eigenvalue weighted by molar-refractivity contribution is 0.186. The van der Waals surface area contributed by atoms with Crippen LogP contribution in [0.2, 0.25) is 0 Å². The molecular weight excluding hydrogens is 328 g/mol. The molecule has 1 aliphatic rings. The maximum Gasteiger partial charge on any atom is 0.160 e. The molecule has 0 bridgehead atoms. The summed E-state index contributed by atoms with van der Waals surface area (Å²) in [5.74, 6) is 0.822. The molecular formula is C17H15BrN2O. The highest BCUT2D eigenvalue weighted by Crippen LogP contribution is 2.42. The average Bonchev–Trinajstić information content (AvgIpc) is 2.52. The second kappa shape index (κ2) is 5.42. The fraction of sp³-hybridized carbons (Fsp3) is 0.235. The van der Waals surface area contributed by atoms with E-state index in [0.29, 0.717) is 6.61 Å². The molecule has 0 radical (unpaired) electrons. The van der Waals surface area contributed by atoms with Crippen molar-refractivity contribution in [3.05, 3.63) is 58.6 Å². The normalized spacial score (nSPS) is 23.6. The van der Waals surface area contributed by atoms with Crippen LogP contribution in [0.3, 0.4) is 0 Å². The molecule has 4 heteroatoms. The van der Waals surface area contributed by atoms with E-state index in [-0.39, 0.29) is 5.92 Å². The van der Waals surface area contributed by atoms with Gasteiger partial charge in [-0.2, -0.15) is 5.26 Å². The van der Waals surface area contributed by atoms with Gasteiger partial charge in [0, 0.05) is 21.6 Å². The second-order valence-electron chi connectivity index (χ2n) is 5.26. The van der Waals surface area contributed by atoms with Gasteiger partial charge >= 0.3 is 0 Å². The van der Waals surface area contributed by atoms with Crippen LogP contribution in [0.15, 0.2) is 53.0 Å². The van der Waals surface area contributed by atoms with Crippen molar-refractivity contribution in [2.45, 2.75) is 12.5 Å². The van der Waals surface area contributed by atoms with Crippen LogP contribution < -0.4 is 10.1 Å². The monoisotopic (exact) mass is 342 g/mol. The van der Waals surface area contributed by atoms with Crippen LogP contribution >= 0.6 is 15.9 Å². The van der Waals surface area contributed by atoms with Gasteiger partial charge in [0.05, 0.1) is 12.7 Å².